The third-order valence-electron chi connectivity index (χ3n) is 2.98. The maximum atomic E-state index is 6.15. The van der Waals surface area contributed by atoms with E-state index in [2.05, 4.69) is 6.92 Å². The molecule has 0 radical (unpaired) electrons. The van der Waals surface area contributed by atoms with Gasteiger partial charge in [0.25, 0.3) is 0 Å². The number of halogens is 1. The van der Waals surface area contributed by atoms with Gasteiger partial charge in [0.1, 0.15) is 5.75 Å². The van der Waals surface area contributed by atoms with Crippen LogP contribution in [0.2, 0.25) is 5.02 Å². The summed E-state index contributed by atoms with van der Waals surface area (Å²) in [7, 11) is 1.63. The van der Waals surface area contributed by atoms with Gasteiger partial charge < -0.3 is 10.5 Å². The van der Waals surface area contributed by atoms with Crippen molar-refractivity contribution in [3.8, 4) is 5.75 Å². The van der Waals surface area contributed by atoms with Crippen LogP contribution >= 0.6 is 11.6 Å². The molecule has 18 heavy (non-hydrogen) atoms. The minimum Gasteiger partial charge on any atom is -0.495 e. The van der Waals surface area contributed by atoms with Crippen molar-refractivity contribution in [2.24, 2.45) is 0 Å². The van der Waals surface area contributed by atoms with Crippen LogP contribution < -0.4 is 10.5 Å². The van der Waals surface area contributed by atoms with E-state index in [0.717, 1.165) is 17.9 Å². The number of nitrogens with two attached hydrogens (primary N) is 1. The molecule has 94 valence electrons. The highest BCUT2D eigenvalue weighted by atomic mass is 35.5. The topological polar surface area (TPSA) is 35.2 Å². The van der Waals surface area contributed by atoms with Gasteiger partial charge in [-0.25, -0.2) is 0 Å². The monoisotopic (exact) mass is 261 g/mol. The number of rotatable bonds is 3. The van der Waals surface area contributed by atoms with E-state index in [1.165, 1.54) is 16.7 Å². The lowest BCUT2D eigenvalue weighted by atomic mass is 10.00. The number of anilines is 1. The summed E-state index contributed by atoms with van der Waals surface area (Å²) in [5.74, 6) is 0.718. The van der Waals surface area contributed by atoms with Gasteiger partial charge in [-0.1, -0.05) is 23.7 Å². The maximum absolute atomic E-state index is 6.15. The van der Waals surface area contributed by atoms with Gasteiger partial charge >= 0.3 is 0 Å². The molecular weight excluding hydrogens is 246 g/mol. The van der Waals surface area contributed by atoms with E-state index >= 15 is 0 Å². The zero-order valence-electron chi connectivity index (χ0n) is 10.5. The van der Waals surface area contributed by atoms with Gasteiger partial charge in [-0.2, -0.15) is 0 Å². The van der Waals surface area contributed by atoms with Crippen molar-refractivity contribution in [2.45, 2.75) is 13.3 Å². The van der Waals surface area contributed by atoms with E-state index in [1.54, 1.807) is 7.11 Å². The van der Waals surface area contributed by atoms with Gasteiger partial charge in [-0.3, -0.25) is 0 Å². The van der Waals surface area contributed by atoms with E-state index < -0.39 is 0 Å². The summed E-state index contributed by atoms with van der Waals surface area (Å²) in [5, 5.41) is 0.647. The van der Waals surface area contributed by atoms with E-state index in [9.17, 15) is 0 Å². The van der Waals surface area contributed by atoms with Crippen LogP contribution in [-0.4, -0.2) is 7.11 Å². The van der Waals surface area contributed by atoms with Gasteiger partial charge in [-0.05, 0) is 54.3 Å². The molecule has 0 saturated carbocycles. The van der Waals surface area contributed by atoms with Crippen molar-refractivity contribution >= 4 is 17.3 Å². The van der Waals surface area contributed by atoms with Gasteiger partial charge in [-0.15, -0.1) is 0 Å². The lowest BCUT2D eigenvalue weighted by Gasteiger charge is -2.10. The summed E-state index contributed by atoms with van der Waals surface area (Å²) in [4.78, 5) is 0. The molecule has 2 aromatic carbocycles. The quantitative estimate of drug-likeness (QED) is 0.853. The molecule has 2 rings (SSSR count). The molecule has 0 unspecified atom stereocenters. The number of ether oxygens (including phenoxy) is 1. The second kappa shape index (κ2) is 5.32. The summed E-state index contributed by atoms with van der Waals surface area (Å²) in [6.07, 6.45) is 0.843. The number of nitrogen functional groups attached to an aromatic ring is 1. The number of aryl methyl sites for hydroxylation is 1. The molecule has 0 bridgehead atoms. The van der Waals surface area contributed by atoms with Crippen molar-refractivity contribution in [2.75, 3.05) is 12.8 Å². The summed E-state index contributed by atoms with van der Waals surface area (Å²) < 4.78 is 5.20. The Kier molecular flexibility index (Phi) is 3.78. The molecule has 2 N–H and O–H groups in total. The normalized spacial score (nSPS) is 10.4. The van der Waals surface area contributed by atoms with Gasteiger partial charge in [0, 0.05) is 5.69 Å². The third-order valence-corrected chi connectivity index (χ3v) is 3.28. The third kappa shape index (κ3) is 2.77. The van der Waals surface area contributed by atoms with Crippen LogP contribution in [0.25, 0.3) is 0 Å². The first-order chi connectivity index (χ1) is 8.60. The first-order valence-corrected chi connectivity index (χ1v) is 6.15. The van der Waals surface area contributed by atoms with Crippen LogP contribution in [0.4, 0.5) is 5.69 Å². The minimum absolute atomic E-state index is 0.647. The molecule has 0 fully saturated rings. The van der Waals surface area contributed by atoms with Gasteiger partial charge in [0.2, 0.25) is 0 Å². The molecule has 2 nitrogen and oxygen atoms in total. The summed E-state index contributed by atoms with van der Waals surface area (Å²) >= 11 is 6.15. The Hall–Kier alpha value is -1.67. The van der Waals surface area contributed by atoms with Crippen LogP contribution in [0.1, 0.15) is 16.7 Å². The molecule has 3 heteroatoms. The van der Waals surface area contributed by atoms with Gasteiger partial charge in [0.05, 0.1) is 12.1 Å². The van der Waals surface area contributed by atoms with E-state index in [4.69, 9.17) is 22.1 Å². The maximum Gasteiger partial charge on any atom is 0.137 e. The molecular formula is C15H16ClNO. The Bertz CT molecular complexity index is 549. The van der Waals surface area contributed by atoms with E-state index in [1.807, 2.05) is 36.4 Å². The van der Waals surface area contributed by atoms with Crippen molar-refractivity contribution in [1.29, 1.82) is 0 Å². The predicted molar refractivity (Wildman–Crippen MR) is 76.4 cm³/mol. The zero-order valence-corrected chi connectivity index (χ0v) is 11.3. The van der Waals surface area contributed by atoms with Crippen molar-refractivity contribution in [3.05, 3.63) is 58.1 Å². The van der Waals surface area contributed by atoms with E-state index in [-0.39, 0.29) is 0 Å². The summed E-state index contributed by atoms with van der Waals surface area (Å²) in [6.45, 7) is 2.06. The number of hydrogen-bond acceptors (Lipinski definition) is 2. The summed E-state index contributed by atoms with van der Waals surface area (Å²) in [5.41, 5.74) is 10.0. The predicted octanol–water partition coefficient (Wildman–Crippen LogP) is 3.83. The molecule has 0 atom stereocenters. The molecule has 0 aromatic heterocycles. The molecule has 0 saturated heterocycles. The number of hydrogen-bond donors (Lipinski definition) is 1. The largest absolute Gasteiger partial charge is 0.495 e. The molecule has 0 aliphatic rings. The summed E-state index contributed by atoms with van der Waals surface area (Å²) in [6, 6.07) is 11.8. The highest BCUT2D eigenvalue weighted by Crippen LogP contribution is 2.29. The zero-order chi connectivity index (χ0) is 13.1. The van der Waals surface area contributed by atoms with Crippen LogP contribution in [0.15, 0.2) is 36.4 Å². The SMILES string of the molecule is COc1cc(C)c(Cc2ccc(N)cc2)cc1Cl. The lowest BCUT2D eigenvalue weighted by molar-refractivity contribution is 0.414. The first-order valence-electron chi connectivity index (χ1n) is 5.77. The average molecular weight is 262 g/mol. The first kappa shape index (κ1) is 12.8. The molecule has 0 spiro atoms. The highest BCUT2D eigenvalue weighted by Gasteiger charge is 2.07. The van der Waals surface area contributed by atoms with Crippen LogP contribution in [0.3, 0.4) is 0 Å². The van der Waals surface area contributed by atoms with E-state index in [0.29, 0.717) is 5.02 Å². The van der Waals surface area contributed by atoms with Crippen LogP contribution in [0.5, 0.6) is 5.75 Å². The van der Waals surface area contributed by atoms with Crippen LogP contribution in [0, 0.1) is 6.92 Å². The Morgan fingerprint density at radius 1 is 1.17 bits per heavy atom. The van der Waals surface area contributed by atoms with Gasteiger partial charge in [0.15, 0.2) is 0 Å². The fraction of sp³-hybridized carbons (Fsp3) is 0.200. The van der Waals surface area contributed by atoms with Crippen molar-refractivity contribution < 1.29 is 4.74 Å². The highest BCUT2D eigenvalue weighted by molar-refractivity contribution is 6.32. The van der Waals surface area contributed by atoms with Crippen molar-refractivity contribution in [1.82, 2.24) is 0 Å². The smallest absolute Gasteiger partial charge is 0.137 e. The fourth-order valence-electron chi connectivity index (χ4n) is 1.90. The number of methoxy groups -OCH3 is 1. The lowest BCUT2D eigenvalue weighted by Crippen LogP contribution is -1.95. The van der Waals surface area contributed by atoms with Crippen molar-refractivity contribution in [3.63, 3.8) is 0 Å². The number of benzene rings is 2. The minimum atomic E-state index is 0.647. The Balaban J connectivity index is 2.29. The fourth-order valence-corrected chi connectivity index (χ4v) is 2.16. The second-order valence-corrected chi connectivity index (χ2v) is 4.74. The Labute approximate surface area is 112 Å². The Morgan fingerprint density at radius 2 is 1.83 bits per heavy atom. The molecule has 0 amide bonds. The second-order valence-electron chi connectivity index (χ2n) is 4.33. The molecule has 2 aromatic rings. The average Bonchev–Trinajstić information content (AvgIpc) is 2.36. The molecule has 0 aliphatic carbocycles. The standard InChI is InChI=1S/C15H16ClNO/c1-10-7-15(18-2)14(16)9-12(10)8-11-3-5-13(17)6-4-11/h3-7,9H,8,17H2,1-2H3. The Morgan fingerprint density at radius 3 is 2.44 bits per heavy atom. The molecule has 0 heterocycles. The van der Waals surface area contributed by atoms with Crippen LogP contribution in [-0.2, 0) is 6.42 Å². The molecule has 0 aliphatic heterocycles.